The fourth-order valence-electron chi connectivity index (χ4n) is 7.09. The summed E-state index contributed by atoms with van der Waals surface area (Å²) in [5.41, 5.74) is 0.961. The van der Waals surface area contributed by atoms with Crippen molar-refractivity contribution in [2.24, 2.45) is 23.2 Å². The van der Waals surface area contributed by atoms with E-state index in [1.807, 2.05) is 28.7 Å². The molecule has 4 aliphatic rings. The van der Waals surface area contributed by atoms with Crippen LogP contribution in [0.1, 0.15) is 38.5 Å². The summed E-state index contributed by atoms with van der Waals surface area (Å²) >= 11 is 1.37. The molecule has 172 valence electrons. The quantitative estimate of drug-likeness (QED) is 0.427. The Bertz CT molecular complexity index is 1270. The molecule has 0 atom stereocenters. The maximum absolute atomic E-state index is 12.9. The predicted octanol–water partition coefficient (Wildman–Crippen LogP) is 3.65. The lowest BCUT2D eigenvalue weighted by Crippen LogP contribution is -2.51. The largest absolute Gasteiger partial charge is 0.355 e. The third kappa shape index (κ3) is 3.59. The number of carbonyl (C=O) groups is 1. The van der Waals surface area contributed by atoms with E-state index in [9.17, 15) is 9.59 Å². The van der Waals surface area contributed by atoms with E-state index in [-0.39, 0.29) is 17.2 Å². The SMILES string of the molecule is C=CCn1c(=O)c2ccccc2n2c(SCC(=O)NCC34CC5CC(CC(C5)C3)C4)nnc12. The van der Waals surface area contributed by atoms with Crippen molar-refractivity contribution in [3.63, 3.8) is 0 Å². The van der Waals surface area contributed by atoms with Crippen LogP contribution in [0.5, 0.6) is 0 Å². The summed E-state index contributed by atoms with van der Waals surface area (Å²) in [6, 6.07) is 7.44. The van der Waals surface area contributed by atoms with Crippen LogP contribution in [-0.4, -0.2) is 37.4 Å². The number of thioether (sulfide) groups is 1. The number of rotatable bonds is 7. The molecule has 4 aliphatic carbocycles. The summed E-state index contributed by atoms with van der Waals surface area (Å²) in [6.07, 6.45) is 9.77. The van der Waals surface area contributed by atoms with Crippen molar-refractivity contribution in [3.8, 4) is 0 Å². The summed E-state index contributed by atoms with van der Waals surface area (Å²) in [7, 11) is 0. The smallest absolute Gasteiger partial charge is 0.263 e. The Kier molecular flexibility index (Phi) is 5.09. The molecular weight excluding hydrogens is 434 g/mol. The Balaban J connectivity index is 1.20. The maximum atomic E-state index is 12.9. The van der Waals surface area contributed by atoms with Gasteiger partial charge in [0.1, 0.15) is 0 Å². The number of para-hydroxylation sites is 1. The molecule has 0 radical (unpaired) electrons. The Morgan fingerprint density at radius 2 is 1.85 bits per heavy atom. The standard InChI is InChI=1S/C25H29N5O2S/c1-2-7-29-22(32)19-5-3-4-6-20(19)30-23(29)27-28-24(30)33-14-21(31)26-15-25-11-16-8-17(12-25)10-18(9-16)13-25/h2-6,16-18H,1,7-15H2,(H,26,31). The van der Waals surface area contributed by atoms with E-state index in [2.05, 4.69) is 22.1 Å². The molecule has 8 heteroatoms. The normalized spacial score (nSPS) is 27.9. The molecule has 0 saturated heterocycles. The minimum Gasteiger partial charge on any atom is -0.355 e. The van der Waals surface area contributed by atoms with E-state index < -0.39 is 0 Å². The molecule has 4 fully saturated rings. The van der Waals surface area contributed by atoms with Crippen LogP contribution in [-0.2, 0) is 11.3 Å². The first-order valence-corrected chi connectivity index (χ1v) is 12.9. The molecule has 2 aromatic heterocycles. The van der Waals surface area contributed by atoms with Gasteiger partial charge in [0.2, 0.25) is 11.7 Å². The van der Waals surface area contributed by atoms with Gasteiger partial charge in [0.05, 0.1) is 16.7 Å². The highest BCUT2D eigenvalue weighted by Crippen LogP contribution is 2.59. The Morgan fingerprint density at radius 1 is 1.15 bits per heavy atom. The van der Waals surface area contributed by atoms with Crippen molar-refractivity contribution in [2.45, 2.75) is 50.2 Å². The van der Waals surface area contributed by atoms with Crippen LogP contribution in [0.25, 0.3) is 16.7 Å². The van der Waals surface area contributed by atoms with Crippen LogP contribution in [0.4, 0.5) is 0 Å². The number of benzene rings is 1. The summed E-state index contributed by atoms with van der Waals surface area (Å²) in [4.78, 5) is 25.7. The third-order valence-corrected chi connectivity index (χ3v) is 8.88. The zero-order valence-electron chi connectivity index (χ0n) is 18.7. The van der Waals surface area contributed by atoms with Crippen LogP contribution >= 0.6 is 11.8 Å². The number of nitrogens with zero attached hydrogens (tertiary/aromatic N) is 4. The van der Waals surface area contributed by atoms with Crippen molar-refractivity contribution in [1.29, 1.82) is 0 Å². The molecule has 33 heavy (non-hydrogen) atoms. The van der Waals surface area contributed by atoms with Gasteiger partial charge in [-0.2, -0.15) is 0 Å². The number of allylic oxidation sites excluding steroid dienone is 1. The first-order valence-electron chi connectivity index (χ1n) is 11.9. The number of hydrogen-bond donors (Lipinski definition) is 1. The zero-order valence-corrected chi connectivity index (χ0v) is 19.5. The van der Waals surface area contributed by atoms with Crippen molar-refractivity contribution >= 4 is 34.3 Å². The van der Waals surface area contributed by atoms with Gasteiger partial charge in [-0.15, -0.1) is 16.8 Å². The van der Waals surface area contributed by atoms with Crippen LogP contribution in [0.3, 0.4) is 0 Å². The van der Waals surface area contributed by atoms with Crippen molar-refractivity contribution < 1.29 is 4.79 Å². The number of nitrogens with one attached hydrogen (secondary N) is 1. The second-order valence-electron chi connectivity index (χ2n) is 10.3. The molecular formula is C25H29N5O2S. The lowest BCUT2D eigenvalue weighted by molar-refractivity contribution is -0.120. The number of aromatic nitrogens is 4. The van der Waals surface area contributed by atoms with Gasteiger partial charge in [0, 0.05) is 13.1 Å². The molecule has 4 saturated carbocycles. The van der Waals surface area contributed by atoms with E-state index in [1.165, 1.54) is 50.3 Å². The van der Waals surface area contributed by atoms with Gasteiger partial charge >= 0.3 is 0 Å². The molecule has 0 spiro atoms. The average molecular weight is 464 g/mol. The van der Waals surface area contributed by atoms with E-state index in [4.69, 9.17) is 0 Å². The lowest BCUT2D eigenvalue weighted by atomic mass is 9.49. The summed E-state index contributed by atoms with van der Waals surface area (Å²) in [6.45, 7) is 4.92. The van der Waals surface area contributed by atoms with Crippen molar-refractivity contribution in [3.05, 3.63) is 47.3 Å². The minimum atomic E-state index is -0.115. The number of amides is 1. The van der Waals surface area contributed by atoms with Crippen molar-refractivity contribution in [1.82, 2.24) is 24.5 Å². The van der Waals surface area contributed by atoms with E-state index in [1.54, 1.807) is 10.6 Å². The summed E-state index contributed by atoms with van der Waals surface area (Å²) in [5, 5.41) is 13.0. The van der Waals surface area contributed by atoms with Gasteiger partial charge in [-0.3, -0.25) is 18.6 Å². The topological polar surface area (TPSA) is 81.3 Å². The summed E-state index contributed by atoms with van der Waals surface area (Å²) in [5.74, 6) is 3.43. The van der Waals surface area contributed by atoms with Gasteiger partial charge in [0.25, 0.3) is 5.56 Å². The van der Waals surface area contributed by atoms with E-state index in [0.717, 1.165) is 29.8 Å². The van der Waals surface area contributed by atoms with Gasteiger partial charge in [-0.25, -0.2) is 0 Å². The highest BCUT2D eigenvalue weighted by atomic mass is 32.2. The molecule has 7 nitrogen and oxygen atoms in total. The summed E-state index contributed by atoms with van der Waals surface area (Å²) < 4.78 is 3.44. The van der Waals surface area contributed by atoms with Crippen molar-refractivity contribution in [2.75, 3.05) is 12.3 Å². The van der Waals surface area contributed by atoms with Crippen LogP contribution < -0.4 is 10.9 Å². The molecule has 0 aliphatic heterocycles. The molecule has 0 unspecified atom stereocenters. The van der Waals surface area contributed by atoms with Gasteiger partial charge in [-0.05, 0) is 73.8 Å². The van der Waals surface area contributed by atoms with Gasteiger partial charge in [-0.1, -0.05) is 30.0 Å². The van der Waals surface area contributed by atoms with Crippen LogP contribution in [0.2, 0.25) is 0 Å². The second kappa shape index (κ2) is 8.01. The predicted molar refractivity (Wildman–Crippen MR) is 129 cm³/mol. The maximum Gasteiger partial charge on any atom is 0.263 e. The second-order valence-corrected chi connectivity index (χ2v) is 11.3. The molecule has 1 amide bonds. The first-order chi connectivity index (χ1) is 16.0. The fourth-order valence-corrected chi connectivity index (χ4v) is 7.86. The minimum absolute atomic E-state index is 0.0382. The molecule has 1 N–H and O–H groups in total. The highest BCUT2D eigenvalue weighted by molar-refractivity contribution is 7.99. The first kappa shape index (κ1) is 21.0. The molecule has 2 heterocycles. The zero-order chi connectivity index (χ0) is 22.6. The fraction of sp³-hybridized carbons (Fsp3) is 0.520. The Hall–Kier alpha value is -2.61. The molecule has 3 aromatic rings. The van der Waals surface area contributed by atoms with E-state index >= 15 is 0 Å². The number of hydrogen-bond acceptors (Lipinski definition) is 5. The van der Waals surface area contributed by atoms with Crippen LogP contribution in [0.15, 0.2) is 46.9 Å². The van der Waals surface area contributed by atoms with Gasteiger partial charge < -0.3 is 5.32 Å². The number of fused-ring (bicyclic) bond motifs is 3. The molecule has 7 rings (SSSR count). The third-order valence-electron chi connectivity index (χ3n) is 7.95. The molecule has 1 aromatic carbocycles. The lowest BCUT2D eigenvalue weighted by Gasteiger charge is -2.56. The Morgan fingerprint density at radius 3 is 2.55 bits per heavy atom. The van der Waals surface area contributed by atoms with E-state index in [0.29, 0.717) is 28.3 Å². The monoisotopic (exact) mass is 463 g/mol. The Labute approximate surface area is 196 Å². The average Bonchev–Trinajstić information content (AvgIpc) is 3.22. The highest BCUT2D eigenvalue weighted by Gasteiger charge is 2.50. The van der Waals surface area contributed by atoms with Crippen LogP contribution in [0, 0.1) is 23.2 Å². The number of carbonyl (C=O) groups excluding carboxylic acids is 1. The molecule has 4 bridgehead atoms. The van der Waals surface area contributed by atoms with Gasteiger partial charge in [0.15, 0.2) is 5.16 Å².